The quantitative estimate of drug-likeness (QED) is 0.861. The summed E-state index contributed by atoms with van der Waals surface area (Å²) in [6, 6.07) is 5.29. The zero-order valence-corrected chi connectivity index (χ0v) is 14.4. The van der Waals surface area contributed by atoms with Gasteiger partial charge in [-0.05, 0) is 49.9 Å². The molecule has 2 heterocycles. The van der Waals surface area contributed by atoms with Crippen molar-refractivity contribution in [3.63, 3.8) is 0 Å². The Labute approximate surface area is 136 Å². The first-order chi connectivity index (χ1) is 10.9. The van der Waals surface area contributed by atoms with Crippen molar-refractivity contribution in [3.8, 4) is 0 Å². The second-order valence-corrected chi connectivity index (χ2v) is 8.02. The fraction of sp³-hybridized carbons (Fsp3) is 0.500. The zero-order chi connectivity index (χ0) is 16.6. The highest BCUT2D eigenvalue weighted by Crippen LogP contribution is 2.30. The molecule has 0 radical (unpaired) electrons. The van der Waals surface area contributed by atoms with Gasteiger partial charge in [0, 0.05) is 25.9 Å². The molecule has 1 aliphatic rings. The Morgan fingerprint density at radius 3 is 2.35 bits per heavy atom. The fourth-order valence-corrected chi connectivity index (χ4v) is 4.40. The van der Waals surface area contributed by atoms with Crippen molar-refractivity contribution in [3.05, 3.63) is 41.1 Å². The summed E-state index contributed by atoms with van der Waals surface area (Å²) in [5.41, 5.74) is 2.08. The lowest BCUT2D eigenvalue weighted by atomic mass is 9.98. The Morgan fingerprint density at radius 2 is 1.78 bits per heavy atom. The van der Waals surface area contributed by atoms with Gasteiger partial charge in [-0.2, -0.15) is 4.31 Å². The molecule has 1 aromatic carbocycles. The van der Waals surface area contributed by atoms with Crippen molar-refractivity contribution in [1.82, 2.24) is 14.5 Å². The Balaban J connectivity index is 1.74. The summed E-state index contributed by atoms with van der Waals surface area (Å²) < 4.78 is 32.6. The molecule has 124 valence electrons. The van der Waals surface area contributed by atoms with Gasteiger partial charge in [-0.25, -0.2) is 8.42 Å². The highest BCUT2D eigenvalue weighted by Gasteiger charge is 2.32. The molecule has 1 fully saturated rings. The van der Waals surface area contributed by atoms with E-state index in [-0.39, 0.29) is 5.92 Å². The minimum atomic E-state index is -3.44. The Kier molecular flexibility index (Phi) is 4.25. The number of nitrogens with zero attached hydrogens (tertiary/aromatic N) is 3. The molecule has 1 aromatic heterocycles. The van der Waals surface area contributed by atoms with E-state index in [9.17, 15) is 8.42 Å². The molecule has 0 N–H and O–H groups in total. The van der Waals surface area contributed by atoms with Crippen molar-refractivity contribution in [2.24, 2.45) is 0 Å². The van der Waals surface area contributed by atoms with Crippen LogP contribution in [0.15, 0.2) is 27.5 Å². The largest absolute Gasteiger partial charge is 0.425 e. The van der Waals surface area contributed by atoms with Gasteiger partial charge in [0.2, 0.25) is 21.8 Å². The molecular formula is C16H21N3O3S. The molecule has 1 saturated heterocycles. The molecule has 0 aliphatic carbocycles. The van der Waals surface area contributed by atoms with Crippen LogP contribution in [0.1, 0.15) is 41.7 Å². The minimum absolute atomic E-state index is 0.141. The predicted molar refractivity (Wildman–Crippen MR) is 85.7 cm³/mol. The average molecular weight is 335 g/mol. The van der Waals surface area contributed by atoms with Gasteiger partial charge >= 0.3 is 0 Å². The lowest BCUT2D eigenvalue weighted by molar-refractivity contribution is 0.288. The number of sulfonamides is 1. The van der Waals surface area contributed by atoms with Crippen LogP contribution < -0.4 is 0 Å². The van der Waals surface area contributed by atoms with Crippen LogP contribution in [-0.2, 0) is 10.0 Å². The number of aromatic nitrogens is 2. The summed E-state index contributed by atoms with van der Waals surface area (Å²) in [5, 5.41) is 7.90. The molecule has 23 heavy (non-hydrogen) atoms. The van der Waals surface area contributed by atoms with E-state index in [2.05, 4.69) is 10.2 Å². The van der Waals surface area contributed by atoms with E-state index in [4.69, 9.17) is 4.42 Å². The zero-order valence-electron chi connectivity index (χ0n) is 13.6. The molecule has 0 bridgehead atoms. The first-order valence-electron chi connectivity index (χ1n) is 7.75. The van der Waals surface area contributed by atoms with Crippen LogP contribution in [0.3, 0.4) is 0 Å². The number of benzene rings is 1. The van der Waals surface area contributed by atoms with Gasteiger partial charge in [0.1, 0.15) is 0 Å². The second-order valence-electron chi connectivity index (χ2n) is 6.08. The van der Waals surface area contributed by atoms with Gasteiger partial charge in [0.25, 0.3) is 0 Å². The van der Waals surface area contributed by atoms with Crippen molar-refractivity contribution in [2.75, 3.05) is 13.1 Å². The monoisotopic (exact) mass is 335 g/mol. The topological polar surface area (TPSA) is 76.3 Å². The summed E-state index contributed by atoms with van der Waals surface area (Å²) in [7, 11) is -3.44. The second kappa shape index (κ2) is 6.05. The van der Waals surface area contributed by atoms with Crippen LogP contribution in [0.2, 0.25) is 0 Å². The summed E-state index contributed by atoms with van der Waals surface area (Å²) in [6.45, 7) is 6.61. The van der Waals surface area contributed by atoms with E-state index in [1.807, 2.05) is 19.9 Å². The van der Waals surface area contributed by atoms with Gasteiger partial charge in [-0.1, -0.05) is 6.07 Å². The predicted octanol–water partition coefficient (Wildman–Crippen LogP) is 2.56. The van der Waals surface area contributed by atoms with Gasteiger partial charge in [-0.15, -0.1) is 10.2 Å². The molecule has 6 nitrogen and oxygen atoms in total. The molecule has 0 saturated carbocycles. The van der Waals surface area contributed by atoms with E-state index < -0.39 is 10.0 Å². The molecular weight excluding hydrogens is 314 g/mol. The molecule has 1 aliphatic heterocycles. The first-order valence-corrected chi connectivity index (χ1v) is 9.19. The Bertz CT molecular complexity index is 806. The van der Waals surface area contributed by atoms with Crippen molar-refractivity contribution in [2.45, 2.75) is 44.4 Å². The smallest absolute Gasteiger partial charge is 0.243 e. The van der Waals surface area contributed by atoms with E-state index in [1.165, 1.54) is 0 Å². The maximum Gasteiger partial charge on any atom is 0.243 e. The third kappa shape index (κ3) is 3.16. The fourth-order valence-electron chi connectivity index (χ4n) is 2.84. The highest BCUT2D eigenvalue weighted by molar-refractivity contribution is 7.89. The van der Waals surface area contributed by atoms with Crippen LogP contribution in [0, 0.1) is 20.8 Å². The maximum absolute atomic E-state index is 12.8. The molecule has 0 atom stereocenters. The van der Waals surface area contributed by atoms with Crippen molar-refractivity contribution >= 4 is 10.0 Å². The summed E-state index contributed by atoms with van der Waals surface area (Å²) >= 11 is 0. The molecule has 3 rings (SSSR count). The highest BCUT2D eigenvalue weighted by atomic mass is 32.2. The Morgan fingerprint density at radius 1 is 1.09 bits per heavy atom. The lowest BCUT2D eigenvalue weighted by Gasteiger charge is -2.29. The number of piperidine rings is 1. The van der Waals surface area contributed by atoms with Crippen LogP contribution in [0.5, 0.6) is 0 Å². The van der Waals surface area contributed by atoms with E-state index in [0.29, 0.717) is 42.6 Å². The van der Waals surface area contributed by atoms with Crippen molar-refractivity contribution < 1.29 is 12.8 Å². The average Bonchev–Trinajstić information content (AvgIpc) is 2.96. The normalized spacial score (nSPS) is 17.5. The number of hydrogen-bond acceptors (Lipinski definition) is 5. The molecule has 0 spiro atoms. The molecule has 0 unspecified atom stereocenters. The summed E-state index contributed by atoms with van der Waals surface area (Å²) in [6.07, 6.45) is 1.40. The maximum atomic E-state index is 12.8. The van der Waals surface area contributed by atoms with E-state index in [1.54, 1.807) is 23.4 Å². The first kappa shape index (κ1) is 16.1. The van der Waals surface area contributed by atoms with Gasteiger partial charge < -0.3 is 4.42 Å². The molecule has 2 aromatic rings. The summed E-state index contributed by atoms with van der Waals surface area (Å²) in [5.74, 6) is 1.30. The Hall–Kier alpha value is -1.73. The van der Waals surface area contributed by atoms with Gasteiger partial charge in [-0.3, -0.25) is 0 Å². The standard InChI is InChI=1S/C16H21N3O3S/c1-11-4-5-15(10-12(11)2)23(20,21)19-8-6-14(7-9-19)16-18-17-13(3)22-16/h4-5,10,14H,6-9H2,1-3H3. The van der Waals surface area contributed by atoms with E-state index >= 15 is 0 Å². The minimum Gasteiger partial charge on any atom is -0.425 e. The third-order valence-electron chi connectivity index (χ3n) is 4.46. The van der Waals surface area contributed by atoms with Crippen LogP contribution in [0.25, 0.3) is 0 Å². The number of hydrogen-bond donors (Lipinski definition) is 0. The van der Waals surface area contributed by atoms with Crippen molar-refractivity contribution in [1.29, 1.82) is 0 Å². The van der Waals surface area contributed by atoms with Crippen LogP contribution in [-0.4, -0.2) is 36.0 Å². The third-order valence-corrected chi connectivity index (χ3v) is 6.36. The van der Waals surface area contributed by atoms with Gasteiger partial charge in [0.15, 0.2) is 0 Å². The van der Waals surface area contributed by atoms with Gasteiger partial charge in [0.05, 0.1) is 4.90 Å². The van der Waals surface area contributed by atoms with E-state index in [0.717, 1.165) is 11.1 Å². The van der Waals surface area contributed by atoms with Crippen LogP contribution in [0.4, 0.5) is 0 Å². The molecule has 7 heteroatoms. The number of rotatable bonds is 3. The SMILES string of the molecule is Cc1nnc(C2CCN(S(=O)(=O)c3ccc(C)c(C)c3)CC2)o1. The number of aryl methyl sites for hydroxylation is 3. The molecule has 0 amide bonds. The lowest BCUT2D eigenvalue weighted by Crippen LogP contribution is -2.38. The summed E-state index contributed by atoms with van der Waals surface area (Å²) in [4.78, 5) is 0.368. The van der Waals surface area contributed by atoms with Crippen LogP contribution >= 0.6 is 0 Å².